The normalized spacial score (nSPS) is 45.1. The molecular weight excluding hydrogens is 248 g/mol. The minimum atomic E-state index is 0.138. The monoisotopic (exact) mass is 280 g/mol. The number of rotatable bonds is 4. The molecule has 0 amide bonds. The number of hydrogen-bond donors (Lipinski definition) is 2. The Kier molecular flexibility index (Phi) is 3.47. The van der Waals surface area contributed by atoms with E-state index in [9.17, 15) is 5.11 Å². The zero-order chi connectivity index (χ0) is 14.6. The summed E-state index contributed by atoms with van der Waals surface area (Å²) in [5, 5.41) is 10.0. The van der Waals surface area contributed by atoms with Crippen LogP contribution < -0.4 is 5.73 Å². The molecule has 1 heterocycles. The molecule has 0 radical (unpaired) electrons. The zero-order valence-corrected chi connectivity index (χ0v) is 13.5. The number of nitrogens with two attached hydrogens (primary N) is 1. The fourth-order valence-corrected chi connectivity index (χ4v) is 6.22. The Morgan fingerprint density at radius 3 is 2.30 bits per heavy atom. The summed E-state index contributed by atoms with van der Waals surface area (Å²) >= 11 is 0. The number of aliphatic hydroxyl groups excluding tert-OH is 1. The molecule has 0 aromatic carbocycles. The van der Waals surface area contributed by atoms with E-state index in [2.05, 4.69) is 25.7 Å². The average Bonchev–Trinajstić information content (AvgIpc) is 3.05. The van der Waals surface area contributed by atoms with Crippen LogP contribution in [-0.4, -0.2) is 41.8 Å². The van der Waals surface area contributed by atoms with Crippen molar-refractivity contribution in [2.45, 2.75) is 58.4 Å². The van der Waals surface area contributed by atoms with Gasteiger partial charge in [-0.25, -0.2) is 0 Å². The van der Waals surface area contributed by atoms with Gasteiger partial charge in [0.1, 0.15) is 0 Å². The number of likely N-dealkylation sites (tertiary alicyclic amines) is 1. The lowest BCUT2D eigenvalue weighted by Gasteiger charge is -2.57. The van der Waals surface area contributed by atoms with E-state index in [0.717, 1.165) is 5.92 Å². The lowest BCUT2D eigenvalue weighted by atomic mass is 9.58. The van der Waals surface area contributed by atoms with E-state index in [-0.39, 0.29) is 18.1 Å². The summed E-state index contributed by atoms with van der Waals surface area (Å²) in [7, 11) is 0. The van der Waals surface area contributed by atoms with E-state index < -0.39 is 0 Å². The molecule has 116 valence electrons. The topological polar surface area (TPSA) is 49.5 Å². The Labute approximate surface area is 123 Å². The summed E-state index contributed by atoms with van der Waals surface area (Å²) in [4.78, 5) is 2.72. The zero-order valence-electron chi connectivity index (χ0n) is 13.5. The van der Waals surface area contributed by atoms with Gasteiger partial charge in [0.25, 0.3) is 0 Å². The highest BCUT2D eigenvalue weighted by Gasteiger charge is 2.71. The largest absolute Gasteiger partial charge is 0.396 e. The van der Waals surface area contributed by atoms with Crippen LogP contribution in [0.1, 0.15) is 52.9 Å². The van der Waals surface area contributed by atoms with Crippen molar-refractivity contribution in [3.8, 4) is 0 Å². The van der Waals surface area contributed by atoms with Crippen LogP contribution in [0.5, 0.6) is 0 Å². The van der Waals surface area contributed by atoms with Crippen LogP contribution in [0.2, 0.25) is 0 Å². The van der Waals surface area contributed by atoms with Crippen molar-refractivity contribution in [2.24, 2.45) is 28.4 Å². The summed E-state index contributed by atoms with van der Waals surface area (Å²) in [6.45, 7) is 10.7. The van der Waals surface area contributed by atoms with Gasteiger partial charge in [-0.05, 0) is 68.5 Å². The molecule has 1 aliphatic heterocycles. The van der Waals surface area contributed by atoms with Gasteiger partial charge in [-0.15, -0.1) is 0 Å². The first-order valence-electron chi connectivity index (χ1n) is 8.50. The van der Waals surface area contributed by atoms with Gasteiger partial charge in [-0.1, -0.05) is 20.8 Å². The van der Waals surface area contributed by atoms with E-state index in [0.29, 0.717) is 17.4 Å². The molecule has 0 aromatic heterocycles. The predicted octanol–water partition coefficient (Wildman–Crippen LogP) is 2.23. The SMILES string of the molecule is CC1(C)[C@H]2CC[C@@]1(C)[C@]([C@H](CN)CO)(N1CCCC1)C2. The second kappa shape index (κ2) is 4.69. The summed E-state index contributed by atoms with van der Waals surface area (Å²) in [6, 6.07) is 0. The van der Waals surface area contributed by atoms with Crippen LogP contribution in [-0.2, 0) is 0 Å². The predicted molar refractivity (Wildman–Crippen MR) is 82.4 cm³/mol. The van der Waals surface area contributed by atoms with E-state index in [1.54, 1.807) is 0 Å². The van der Waals surface area contributed by atoms with Gasteiger partial charge in [-0.2, -0.15) is 0 Å². The Morgan fingerprint density at radius 1 is 1.25 bits per heavy atom. The van der Waals surface area contributed by atoms with Gasteiger partial charge in [0.15, 0.2) is 0 Å². The quantitative estimate of drug-likeness (QED) is 0.830. The van der Waals surface area contributed by atoms with Crippen LogP contribution in [0.3, 0.4) is 0 Å². The van der Waals surface area contributed by atoms with E-state index in [4.69, 9.17) is 5.73 Å². The van der Waals surface area contributed by atoms with Crippen molar-refractivity contribution in [2.75, 3.05) is 26.2 Å². The van der Waals surface area contributed by atoms with Crippen LogP contribution in [0, 0.1) is 22.7 Å². The highest BCUT2D eigenvalue weighted by molar-refractivity contribution is 5.24. The average molecular weight is 280 g/mol. The Bertz CT molecular complexity index is 369. The molecule has 0 spiro atoms. The molecule has 3 N–H and O–H groups in total. The minimum Gasteiger partial charge on any atom is -0.396 e. The van der Waals surface area contributed by atoms with Gasteiger partial charge >= 0.3 is 0 Å². The van der Waals surface area contributed by atoms with Crippen molar-refractivity contribution < 1.29 is 5.11 Å². The molecule has 3 rings (SSSR count). The third-order valence-corrected chi connectivity index (χ3v) is 7.80. The third kappa shape index (κ3) is 1.52. The molecule has 4 atom stereocenters. The molecule has 0 unspecified atom stereocenters. The Hall–Kier alpha value is -0.120. The van der Waals surface area contributed by atoms with Crippen LogP contribution in [0.4, 0.5) is 0 Å². The second-order valence-electron chi connectivity index (χ2n) is 8.23. The molecule has 2 aliphatic carbocycles. The number of hydrogen-bond acceptors (Lipinski definition) is 3. The maximum atomic E-state index is 10.0. The Balaban J connectivity index is 2.08. The highest BCUT2D eigenvalue weighted by Crippen LogP contribution is 2.73. The fraction of sp³-hybridized carbons (Fsp3) is 1.00. The van der Waals surface area contributed by atoms with E-state index in [1.807, 2.05) is 0 Å². The van der Waals surface area contributed by atoms with Crippen molar-refractivity contribution in [1.29, 1.82) is 0 Å². The Morgan fingerprint density at radius 2 is 1.90 bits per heavy atom. The summed E-state index contributed by atoms with van der Waals surface area (Å²) in [5.41, 5.74) is 6.91. The molecule has 20 heavy (non-hydrogen) atoms. The summed E-state index contributed by atoms with van der Waals surface area (Å²) in [6.07, 6.45) is 6.54. The summed E-state index contributed by atoms with van der Waals surface area (Å²) in [5.74, 6) is 1.03. The molecule has 3 fully saturated rings. The van der Waals surface area contributed by atoms with Gasteiger partial charge in [0, 0.05) is 18.1 Å². The van der Waals surface area contributed by atoms with Crippen molar-refractivity contribution in [3.63, 3.8) is 0 Å². The van der Waals surface area contributed by atoms with Gasteiger partial charge in [0.2, 0.25) is 0 Å². The molecule has 3 nitrogen and oxygen atoms in total. The second-order valence-corrected chi connectivity index (χ2v) is 8.23. The van der Waals surface area contributed by atoms with E-state index >= 15 is 0 Å². The fourth-order valence-electron chi connectivity index (χ4n) is 6.22. The van der Waals surface area contributed by atoms with Crippen LogP contribution in [0.25, 0.3) is 0 Å². The first-order chi connectivity index (χ1) is 9.44. The highest BCUT2D eigenvalue weighted by atomic mass is 16.3. The first kappa shape index (κ1) is 14.8. The summed E-state index contributed by atoms with van der Waals surface area (Å²) < 4.78 is 0. The lowest BCUT2D eigenvalue weighted by Crippen LogP contribution is -2.64. The molecule has 3 heteroatoms. The maximum Gasteiger partial charge on any atom is 0.0489 e. The minimum absolute atomic E-state index is 0.138. The smallest absolute Gasteiger partial charge is 0.0489 e. The number of nitrogens with zero attached hydrogens (tertiary/aromatic N) is 1. The van der Waals surface area contributed by atoms with Gasteiger partial charge in [-0.3, -0.25) is 4.90 Å². The van der Waals surface area contributed by atoms with Gasteiger partial charge < -0.3 is 10.8 Å². The lowest BCUT2D eigenvalue weighted by molar-refractivity contribution is -0.0849. The third-order valence-electron chi connectivity index (χ3n) is 7.80. The molecule has 2 saturated carbocycles. The molecule has 2 bridgehead atoms. The molecule has 3 aliphatic rings. The van der Waals surface area contributed by atoms with Gasteiger partial charge in [0.05, 0.1) is 0 Å². The van der Waals surface area contributed by atoms with Crippen molar-refractivity contribution >= 4 is 0 Å². The standard InChI is InChI=1S/C17H32N2O/c1-15(2)13-6-7-16(15,3)17(10-13,14(11-18)12-20)19-8-4-5-9-19/h13-14,20H,4-12,18H2,1-3H3/t13-,14+,16+,17-/m0/s1. The maximum absolute atomic E-state index is 10.0. The number of fused-ring (bicyclic) bond motifs is 2. The van der Waals surface area contributed by atoms with Crippen LogP contribution >= 0.6 is 0 Å². The number of aliphatic hydroxyl groups is 1. The van der Waals surface area contributed by atoms with E-state index in [1.165, 1.54) is 45.2 Å². The van der Waals surface area contributed by atoms with Crippen molar-refractivity contribution in [3.05, 3.63) is 0 Å². The molecular formula is C17H32N2O. The molecule has 0 aromatic rings. The van der Waals surface area contributed by atoms with Crippen LogP contribution in [0.15, 0.2) is 0 Å². The molecule has 1 saturated heterocycles. The van der Waals surface area contributed by atoms with Crippen molar-refractivity contribution in [1.82, 2.24) is 4.90 Å². The first-order valence-corrected chi connectivity index (χ1v) is 8.50.